The van der Waals surface area contributed by atoms with Crippen LogP contribution in [0.4, 0.5) is 0 Å². The molecule has 94 valence electrons. The van der Waals surface area contributed by atoms with Crippen molar-refractivity contribution in [2.45, 2.75) is 37.8 Å². The van der Waals surface area contributed by atoms with Crippen molar-refractivity contribution >= 4 is 5.97 Å². The molecule has 1 saturated carbocycles. The van der Waals surface area contributed by atoms with Crippen LogP contribution in [-0.4, -0.2) is 28.3 Å². The number of hydrogen-bond donors (Lipinski definition) is 3. The summed E-state index contributed by atoms with van der Waals surface area (Å²) in [5.74, 6) is -0.589. The topological polar surface area (TPSA) is 82.7 Å². The van der Waals surface area contributed by atoms with E-state index in [-0.39, 0.29) is 5.56 Å². The molecule has 0 radical (unpaired) electrons. The van der Waals surface area contributed by atoms with Crippen molar-refractivity contribution in [3.63, 3.8) is 0 Å². The quantitative estimate of drug-likeness (QED) is 0.723. The molecule has 3 N–H and O–H groups in total. The van der Waals surface area contributed by atoms with E-state index in [9.17, 15) is 9.90 Å². The minimum atomic E-state index is -0.991. The summed E-state index contributed by atoms with van der Waals surface area (Å²) in [6.07, 6.45) is 5.09. The first-order chi connectivity index (χ1) is 8.11. The Morgan fingerprint density at radius 3 is 2.82 bits per heavy atom. The van der Waals surface area contributed by atoms with E-state index in [0.29, 0.717) is 18.8 Å². The van der Waals surface area contributed by atoms with Crippen LogP contribution < -0.4 is 5.32 Å². The van der Waals surface area contributed by atoms with Gasteiger partial charge in [0.05, 0.1) is 18.4 Å². The average Bonchev–Trinajstić information content (AvgIpc) is 2.87. The Labute approximate surface area is 99.4 Å². The number of carboxylic acid groups (broad SMARTS) is 1. The normalized spacial score (nSPS) is 18.4. The molecular weight excluding hydrogens is 222 g/mol. The van der Waals surface area contributed by atoms with Gasteiger partial charge in [0, 0.05) is 6.54 Å². The molecule has 0 unspecified atom stereocenters. The Balaban J connectivity index is 1.85. The monoisotopic (exact) mass is 239 g/mol. The molecular formula is C12H17NO4. The van der Waals surface area contributed by atoms with Crippen molar-refractivity contribution in [3.8, 4) is 0 Å². The predicted molar refractivity (Wildman–Crippen MR) is 60.8 cm³/mol. The van der Waals surface area contributed by atoms with Crippen molar-refractivity contribution in [1.29, 1.82) is 0 Å². The number of carbonyl (C=O) groups is 1. The highest BCUT2D eigenvalue weighted by molar-refractivity contribution is 5.88. The van der Waals surface area contributed by atoms with Crippen LogP contribution in [0.5, 0.6) is 0 Å². The molecule has 0 saturated heterocycles. The number of furan rings is 1. The first kappa shape index (κ1) is 12.1. The van der Waals surface area contributed by atoms with Gasteiger partial charge in [-0.2, -0.15) is 0 Å². The van der Waals surface area contributed by atoms with Crippen molar-refractivity contribution in [1.82, 2.24) is 5.32 Å². The summed E-state index contributed by atoms with van der Waals surface area (Å²) in [7, 11) is 0. The molecule has 5 nitrogen and oxygen atoms in total. The van der Waals surface area contributed by atoms with E-state index >= 15 is 0 Å². The molecule has 0 aromatic carbocycles. The molecule has 1 aromatic heterocycles. The van der Waals surface area contributed by atoms with Crippen LogP contribution in [0.2, 0.25) is 0 Å². The van der Waals surface area contributed by atoms with Crippen molar-refractivity contribution < 1.29 is 19.4 Å². The van der Waals surface area contributed by atoms with Crippen LogP contribution in [0.1, 0.15) is 41.8 Å². The number of aromatic carboxylic acids is 1. The van der Waals surface area contributed by atoms with E-state index in [1.54, 1.807) is 0 Å². The maximum Gasteiger partial charge on any atom is 0.339 e. The van der Waals surface area contributed by atoms with Gasteiger partial charge in [-0.15, -0.1) is 0 Å². The van der Waals surface area contributed by atoms with Crippen molar-refractivity contribution in [2.75, 3.05) is 6.54 Å². The molecule has 1 heterocycles. The number of nitrogens with one attached hydrogen (secondary N) is 1. The van der Waals surface area contributed by atoms with E-state index in [0.717, 1.165) is 25.7 Å². The van der Waals surface area contributed by atoms with Gasteiger partial charge in [0.15, 0.2) is 0 Å². The first-order valence-corrected chi connectivity index (χ1v) is 5.83. The molecule has 1 fully saturated rings. The van der Waals surface area contributed by atoms with Gasteiger partial charge in [0.25, 0.3) is 0 Å². The highest BCUT2D eigenvalue weighted by Gasteiger charge is 2.30. The highest BCUT2D eigenvalue weighted by Crippen LogP contribution is 2.28. The fraction of sp³-hybridized carbons (Fsp3) is 0.583. The summed E-state index contributed by atoms with van der Waals surface area (Å²) >= 11 is 0. The van der Waals surface area contributed by atoms with Crippen molar-refractivity contribution in [3.05, 3.63) is 23.7 Å². The van der Waals surface area contributed by atoms with Crippen LogP contribution in [-0.2, 0) is 6.54 Å². The van der Waals surface area contributed by atoms with E-state index in [1.807, 2.05) is 0 Å². The summed E-state index contributed by atoms with van der Waals surface area (Å²) < 4.78 is 5.10. The van der Waals surface area contributed by atoms with Gasteiger partial charge >= 0.3 is 5.97 Å². The van der Waals surface area contributed by atoms with Crippen LogP contribution in [0.15, 0.2) is 16.7 Å². The zero-order chi connectivity index (χ0) is 12.3. The largest absolute Gasteiger partial charge is 0.478 e. The van der Waals surface area contributed by atoms with E-state index in [1.165, 1.54) is 12.3 Å². The van der Waals surface area contributed by atoms with Gasteiger partial charge in [-0.25, -0.2) is 4.79 Å². The fourth-order valence-electron chi connectivity index (χ4n) is 2.29. The first-order valence-electron chi connectivity index (χ1n) is 5.83. The third kappa shape index (κ3) is 2.87. The lowest BCUT2D eigenvalue weighted by Crippen LogP contribution is -2.37. The molecule has 0 atom stereocenters. The average molecular weight is 239 g/mol. The second-order valence-electron chi connectivity index (χ2n) is 4.60. The Morgan fingerprint density at radius 1 is 1.47 bits per heavy atom. The van der Waals surface area contributed by atoms with Gasteiger partial charge in [0.1, 0.15) is 11.3 Å². The van der Waals surface area contributed by atoms with Gasteiger partial charge in [-0.05, 0) is 18.9 Å². The highest BCUT2D eigenvalue weighted by atomic mass is 16.4. The maximum absolute atomic E-state index is 10.8. The molecule has 1 aliphatic carbocycles. The number of carboxylic acids is 1. The molecule has 17 heavy (non-hydrogen) atoms. The second kappa shape index (κ2) is 4.89. The van der Waals surface area contributed by atoms with E-state index < -0.39 is 11.6 Å². The van der Waals surface area contributed by atoms with E-state index in [4.69, 9.17) is 9.52 Å². The predicted octanol–water partition coefficient (Wildman–Crippen LogP) is 1.37. The Kier molecular flexibility index (Phi) is 3.49. The molecule has 5 heteroatoms. The lowest BCUT2D eigenvalue weighted by Gasteiger charge is -2.22. The zero-order valence-electron chi connectivity index (χ0n) is 9.61. The lowest BCUT2D eigenvalue weighted by atomic mass is 10.0. The van der Waals surface area contributed by atoms with Crippen LogP contribution in [0.25, 0.3) is 0 Å². The Morgan fingerprint density at radius 2 is 2.18 bits per heavy atom. The number of hydrogen-bond acceptors (Lipinski definition) is 4. The summed E-state index contributed by atoms with van der Waals surface area (Å²) in [4.78, 5) is 10.8. The zero-order valence-corrected chi connectivity index (χ0v) is 9.61. The number of aliphatic hydroxyl groups is 1. The van der Waals surface area contributed by atoms with Crippen LogP contribution in [0.3, 0.4) is 0 Å². The lowest BCUT2D eigenvalue weighted by molar-refractivity contribution is 0.0470. The standard InChI is InChI=1S/C12H17NO4/c14-11(15)9-3-6-17-10(9)7-13-8-12(16)4-1-2-5-12/h3,6,13,16H,1-2,4-5,7-8H2,(H,14,15). The molecule has 1 aromatic rings. The minimum Gasteiger partial charge on any atom is -0.478 e. The molecule has 2 rings (SSSR count). The van der Waals surface area contributed by atoms with Crippen LogP contribution >= 0.6 is 0 Å². The molecule has 1 aliphatic rings. The Hall–Kier alpha value is -1.33. The maximum atomic E-state index is 10.8. The second-order valence-corrected chi connectivity index (χ2v) is 4.60. The summed E-state index contributed by atoms with van der Waals surface area (Å²) in [5, 5.41) is 22.0. The number of rotatable bonds is 5. The third-order valence-electron chi connectivity index (χ3n) is 3.25. The van der Waals surface area contributed by atoms with Gasteiger partial charge in [-0.1, -0.05) is 12.8 Å². The molecule has 0 amide bonds. The SMILES string of the molecule is O=C(O)c1ccoc1CNCC1(O)CCCC1. The summed E-state index contributed by atoms with van der Waals surface area (Å²) in [5.41, 5.74) is -0.452. The summed E-state index contributed by atoms with van der Waals surface area (Å²) in [6.45, 7) is 0.809. The van der Waals surface area contributed by atoms with Gasteiger partial charge in [0.2, 0.25) is 0 Å². The molecule has 0 spiro atoms. The van der Waals surface area contributed by atoms with Crippen molar-refractivity contribution in [2.24, 2.45) is 0 Å². The molecule has 0 aliphatic heterocycles. The van der Waals surface area contributed by atoms with E-state index in [2.05, 4.69) is 5.32 Å². The minimum absolute atomic E-state index is 0.177. The van der Waals surface area contributed by atoms with Crippen LogP contribution in [0, 0.1) is 0 Å². The Bertz CT molecular complexity index is 393. The fourth-order valence-corrected chi connectivity index (χ4v) is 2.29. The molecule has 0 bridgehead atoms. The summed E-state index contributed by atoms with van der Waals surface area (Å²) in [6, 6.07) is 1.43. The van der Waals surface area contributed by atoms with Gasteiger partial charge in [-0.3, -0.25) is 0 Å². The van der Waals surface area contributed by atoms with Gasteiger partial charge < -0.3 is 19.9 Å². The smallest absolute Gasteiger partial charge is 0.339 e. The third-order valence-corrected chi connectivity index (χ3v) is 3.25.